The van der Waals surface area contributed by atoms with E-state index in [9.17, 15) is 9.90 Å². The van der Waals surface area contributed by atoms with E-state index < -0.39 is 0 Å². The van der Waals surface area contributed by atoms with Crippen LogP contribution in [0.2, 0.25) is 0 Å². The van der Waals surface area contributed by atoms with Gasteiger partial charge in [-0.3, -0.25) is 4.79 Å². The summed E-state index contributed by atoms with van der Waals surface area (Å²) in [7, 11) is 0. The van der Waals surface area contributed by atoms with E-state index in [-0.39, 0.29) is 17.7 Å². The molecule has 3 rings (SSSR count). The molecule has 2 aromatic carbocycles. The fraction of sp³-hybridized carbons (Fsp3) is 0.200. The zero-order valence-electron chi connectivity index (χ0n) is 13.6. The number of para-hydroxylation sites is 1. The van der Waals surface area contributed by atoms with Gasteiger partial charge in [-0.1, -0.05) is 61.5 Å². The highest BCUT2D eigenvalue weighted by molar-refractivity contribution is 6.05. The number of carbonyl (C=O) groups is 1. The van der Waals surface area contributed by atoms with Crippen LogP contribution in [0.4, 0.5) is 0 Å². The lowest BCUT2D eigenvalue weighted by Gasteiger charge is -2.17. The highest BCUT2D eigenvalue weighted by Gasteiger charge is 2.30. The molecule has 24 heavy (non-hydrogen) atoms. The fourth-order valence-corrected chi connectivity index (χ4v) is 2.75. The SMILES string of the molecule is CCC(=O)N1N=C(c2ccccc2O)CC1/C=C/c1ccccc1. The van der Waals surface area contributed by atoms with Gasteiger partial charge in [-0.25, -0.2) is 5.01 Å². The molecule has 1 aliphatic rings. The molecule has 122 valence electrons. The van der Waals surface area contributed by atoms with Crippen molar-refractivity contribution in [3.8, 4) is 5.75 Å². The summed E-state index contributed by atoms with van der Waals surface area (Å²) in [6.07, 6.45) is 4.99. The molecule has 0 fully saturated rings. The van der Waals surface area contributed by atoms with Gasteiger partial charge in [0.05, 0.1) is 11.8 Å². The molecule has 4 nitrogen and oxygen atoms in total. The maximum Gasteiger partial charge on any atom is 0.242 e. The van der Waals surface area contributed by atoms with Gasteiger partial charge in [-0.2, -0.15) is 5.10 Å². The second-order valence-corrected chi connectivity index (χ2v) is 5.70. The van der Waals surface area contributed by atoms with Crippen LogP contribution in [0, 0.1) is 0 Å². The molecule has 0 aliphatic carbocycles. The lowest BCUT2D eigenvalue weighted by Crippen LogP contribution is -2.30. The summed E-state index contributed by atoms with van der Waals surface area (Å²) in [6, 6.07) is 16.9. The van der Waals surface area contributed by atoms with Gasteiger partial charge in [0.2, 0.25) is 5.91 Å². The van der Waals surface area contributed by atoms with Crippen molar-refractivity contribution in [2.24, 2.45) is 5.10 Å². The summed E-state index contributed by atoms with van der Waals surface area (Å²) in [4.78, 5) is 12.2. The van der Waals surface area contributed by atoms with E-state index in [0.29, 0.717) is 18.4 Å². The first-order valence-corrected chi connectivity index (χ1v) is 8.10. The molecule has 0 spiro atoms. The number of aromatic hydroxyl groups is 1. The average molecular weight is 320 g/mol. The van der Waals surface area contributed by atoms with Gasteiger partial charge < -0.3 is 5.11 Å². The molecular formula is C20H20N2O2. The summed E-state index contributed by atoms with van der Waals surface area (Å²) in [5, 5.41) is 16.0. The lowest BCUT2D eigenvalue weighted by molar-refractivity contribution is -0.131. The van der Waals surface area contributed by atoms with Crippen molar-refractivity contribution in [2.75, 3.05) is 0 Å². The first-order chi connectivity index (χ1) is 11.7. The van der Waals surface area contributed by atoms with E-state index in [4.69, 9.17) is 0 Å². The predicted molar refractivity (Wildman–Crippen MR) is 95.7 cm³/mol. The first kappa shape index (κ1) is 16.0. The van der Waals surface area contributed by atoms with Gasteiger partial charge >= 0.3 is 0 Å². The number of phenols is 1. The van der Waals surface area contributed by atoms with E-state index >= 15 is 0 Å². The Kier molecular flexibility index (Phi) is 4.75. The fourth-order valence-electron chi connectivity index (χ4n) is 2.75. The molecule has 0 aromatic heterocycles. The van der Waals surface area contributed by atoms with Gasteiger partial charge in [-0.15, -0.1) is 0 Å². The van der Waals surface area contributed by atoms with Crippen LogP contribution in [0.1, 0.15) is 30.9 Å². The van der Waals surface area contributed by atoms with Crippen molar-refractivity contribution >= 4 is 17.7 Å². The highest BCUT2D eigenvalue weighted by atomic mass is 16.3. The molecule has 0 saturated carbocycles. The molecule has 1 heterocycles. The Morgan fingerprint density at radius 2 is 1.92 bits per heavy atom. The number of hydrogen-bond acceptors (Lipinski definition) is 3. The second kappa shape index (κ2) is 7.13. The monoisotopic (exact) mass is 320 g/mol. The summed E-state index contributed by atoms with van der Waals surface area (Å²) >= 11 is 0. The van der Waals surface area contributed by atoms with Crippen molar-refractivity contribution in [1.82, 2.24) is 5.01 Å². The third-order valence-electron chi connectivity index (χ3n) is 4.03. The van der Waals surface area contributed by atoms with Crippen LogP contribution in [0.5, 0.6) is 5.75 Å². The third kappa shape index (κ3) is 3.38. The number of benzene rings is 2. The topological polar surface area (TPSA) is 52.9 Å². The Balaban J connectivity index is 1.86. The van der Waals surface area contributed by atoms with Crippen LogP contribution < -0.4 is 0 Å². The van der Waals surface area contributed by atoms with Crippen LogP contribution in [0.3, 0.4) is 0 Å². The molecule has 0 radical (unpaired) electrons. The molecule has 1 amide bonds. The van der Waals surface area contributed by atoms with Crippen LogP contribution >= 0.6 is 0 Å². The quantitative estimate of drug-likeness (QED) is 0.931. The Morgan fingerprint density at radius 1 is 1.21 bits per heavy atom. The Hall–Kier alpha value is -2.88. The maximum absolute atomic E-state index is 12.2. The summed E-state index contributed by atoms with van der Waals surface area (Å²) < 4.78 is 0. The molecule has 1 unspecified atom stereocenters. The predicted octanol–water partition coefficient (Wildman–Crippen LogP) is 3.82. The van der Waals surface area contributed by atoms with Gasteiger partial charge in [0.15, 0.2) is 0 Å². The number of hydrogen-bond donors (Lipinski definition) is 1. The number of hydrazone groups is 1. The molecule has 1 atom stereocenters. The minimum absolute atomic E-state index is 0.0249. The number of nitrogens with zero attached hydrogens (tertiary/aromatic N) is 2. The maximum atomic E-state index is 12.2. The zero-order valence-corrected chi connectivity index (χ0v) is 13.6. The van der Waals surface area contributed by atoms with Crippen LogP contribution in [-0.4, -0.2) is 27.8 Å². The number of amides is 1. The number of phenolic OH excluding ortho intramolecular Hbond substituents is 1. The molecule has 0 saturated heterocycles. The van der Waals surface area contributed by atoms with E-state index in [1.54, 1.807) is 12.1 Å². The molecule has 0 bridgehead atoms. The summed E-state index contributed by atoms with van der Waals surface area (Å²) in [6.45, 7) is 1.83. The lowest BCUT2D eigenvalue weighted by atomic mass is 10.0. The van der Waals surface area contributed by atoms with Crippen LogP contribution in [-0.2, 0) is 4.79 Å². The minimum atomic E-state index is -0.132. The third-order valence-corrected chi connectivity index (χ3v) is 4.03. The van der Waals surface area contributed by atoms with Gasteiger partial charge in [0.25, 0.3) is 0 Å². The highest BCUT2D eigenvalue weighted by Crippen LogP contribution is 2.27. The molecule has 4 heteroatoms. The van der Waals surface area contributed by atoms with Crippen molar-refractivity contribution in [2.45, 2.75) is 25.8 Å². The van der Waals surface area contributed by atoms with E-state index in [1.165, 1.54) is 5.01 Å². The van der Waals surface area contributed by atoms with Crippen molar-refractivity contribution in [3.63, 3.8) is 0 Å². The Labute approximate surface area is 141 Å². The minimum Gasteiger partial charge on any atom is -0.507 e. The van der Waals surface area contributed by atoms with Gasteiger partial charge in [-0.05, 0) is 17.7 Å². The van der Waals surface area contributed by atoms with E-state index in [0.717, 1.165) is 11.3 Å². The summed E-state index contributed by atoms with van der Waals surface area (Å²) in [5.41, 5.74) is 2.50. The zero-order chi connectivity index (χ0) is 16.9. The molecule has 1 N–H and O–H groups in total. The van der Waals surface area contributed by atoms with Gasteiger partial charge in [0, 0.05) is 18.4 Å². The number of rotatable bonds is 4. The van der Waals surface area contributed by atoms with Gasteiger partial charge in [0.1, 0.15) is 5.75 Å². The molecule has 2 aromatic rings. The van der Waals surface area contributed by atoms with E-state index in [1.807, 2.05) is 61.5 Å². The first-order valence-electron chi connectivity index (χ1n) is 8.10. The normalized spacial score (nSPS) is 17.3. The Bertz CT molecular complexity index is 781. The van der Waals surface area contributed by atoms with Crippen molar-refractivity contribution in [3.05, 3.63) is 71.8 Å². The summed E-state index contributed by atoms with van der Waals surface area (Å²) in [5.74, 6) is 0.163. The standard InChI is InChI=1S/C20H20N2O2/c1-2-20(24)22-16(13-12-15-8-4-3-5-9-15)14-18(21-22)17-10-6-7-11-19(17)23/h3-13,16,23H,2,14H2,1H3/b13-12+. The largest absolute Gasteiger partial charge is 0.507 e. The molecule has 1 aliphatic heterocycles. The van der Waals surface area contributed by atoms with Crippen LogP contribution in [0.15, 0.2) is 65.8 Å². The van der Waals surface area contributed by atoms with Crippen molar-refractivity contribution in [1.29, 1.82) is 0 Å². The smallest absolute Gasteiger partial charge is 0.242 e. The molecular weight excluding hydrogens is 300 g/mol. The van der Waals surface area contributed by atoms with E-state index in [2.05, 4.69) is 5.10 Å². The van der Waals surface area contributed by atoms with Crippen molar-refractivity contribution < 1.29 is 9.90 Å². The Morgan fingerprint density at radius 3 is 2.62 bits per heavy atom. The van der Waals surface area contributed by atoms with Crippen LogP contribution in [0.25, 0.3) is 6.08 Å². The number of carbonyl (C=O) groups excluding carboxylic acids is 1. The average Bonchev–Trinajstić information content (AvgIpc) is 3.04. The second-order valence-electron chi connectivity index (χ2n) is 5.70.